The van der Waals surface area contributed by atoms with Crippen molar-refractivity contribution in [2.45, 2.75) is 45.2 Å². The van der Waals surface area contributed by atoms with Crippen molar-refractivity contribution < 1.29 is 9.90 Å². The number of carboxylic acids is 1. The summed E-state index contributed by atoms with van der Waals surface area (Å²) in [6, 6.07) is 6.48. The highest BCUT2D eigenvalue weighted by Crippen LogP contribution is 2.24. The van der Waals surface area contributed by atoms with Crippen molar-refractivity contribution in [1.29, 1.82) is 0 Å². The standard InChI is InChI=1S/C15H20ClNO2/c1-10-6-11(8-13(16)7-10)9-17-14-4-2-12(3-5-14)15(18)19/h6-8,12,14,17H,2-5,9H2,1H3,(H,18,19). The lowest BCUT2D eigenvalue weighted by Gasteiger charge is -2.27. The van der Waals surface area contributed by atoms with Gasteiger partial charge < -0.3 is 10.4 Å². The zero-order chi connectivity index (χ0) is 13.8. The molecule has 2 rings (SSSR count). The SMILES string of the molecule is Cc1cc(Cl)cc(CNC2CCC(C(=O)O)CC2)c1. The second kappa shape index (κ2) is 6.40. The first-order chi connectivity index (χ1) is 9.04. The van der Waals surface area contributed by atoms with Crippen molar-refractivity contribution in [2.75, 3.05) is 0 Å². The molecule has 1 fully saturated rings. The van der Waals surface area contributed by atoms with Gasteiger partial charge in [0.2, 0.25) is 0 Å². The minimum absolute atomic E-state index is 0.147. The van der Waals surface area contributed by atoms with E-state index in [1.807, 2.05) is 19.1 Å². The Labute approximate surface area is 119 Å². The van der Waals surface area contributed by atoms with Crippen LogP contribution >= 0.6 is 11.6 Å². The van der Waals surface area contributed by atoms with Crippen LogP contribution in [-0.2, 0) is 11.3 Å². The van der Waals surface area contributed by atoms with Crippen LogP contribution < -0.4 is 5.32 Å². The topological polar surface area (TPSA) is 49.3 Å². The van der Waals surface area contributed by atoms with Crippen LogP contribution in [0.3, 0.4) is 0 Å². The molecule has 1 aromatic carbocycles. The fourth-order valence-electron chi connectivity index (χ4n) is 2.72. The number of aliphatic carboxylic acids is 1. The normalized spacial score (nSPS) is 23.3. The van der Waals surface area contributed by atoms with Gasteiger partial charge in [-0.15, -0.1) is 0 Å². The Bertz CT molecular complexity index is 433. The second-order valence-electron chi connectivity index (χ2n) is 5.40. The first-order valence-corrected chi connectivity index (χ1v) is 7.14. The summed E-state index contributed by atoms with van der Waals surface area (Å²) in [6.07, 6.45) is 3.44. The van der Waals surface area contributed by atoms with Crippen LogP contribution in [0, 0.1) is 12.8 Å². The molecule has 0 amide bonds. The van der Waals surface area contributed by atoms with E-state index >= 15 is 0 Å². The van der Waals surface area contributed by atoms with E-state index in [1.54, 1.807) is 0 Å². The molecule has 0 aromatic heterocycles. The Hall–Kier alpha value is -1.06. The second-order valence-corrected chi connectivity index (χ2v) is 5.84. The summed E-state index contributed by atoms with van der Waals surface area (Å²) in [6.45, 7) is 2.83. The molecule has 1 saturated carbocycles. The number of hydrogen-bond donors (Lipinski definition) is 2. The molecule has 104 valence electrons. The molecular weight excluding hydrogens is 262 g/mol. The summed E-state index contributed by atoms with van der Waals surface area (Å²) in [7, 11) is 0. The van der Waals surface area contributed by atoms with Crippen LogP contribution in [0.2, 0.25) is 5.02 Å². The number of carbonyl (C=O) groups is 1. The molecule has 0 radical (unpaired) electrons. The molecule has 0 spiro atoms. The number of carboxylic acid groups (broad SMARTS) is 1. The van der Waals surface area contributed by atoms with Gasteiger partial charge in [0.25, 0.3) is 0 Å². The van der Waals surface area contributed by atoms with Gasteiger partial charge in [-0.05, 0) is 55.9 Å². The van der Waals surface area contributed by atoms with E-state index < -0.39 is 5.97 Å². The molecule has 1 aromatic rings. The Morgan fingerprint density at radius 3 is 2.58 bits per heavy atom. The minimum atomic E-state index is -0.649. The highest BCUT2D eigenvalue weighted by Gasteiger charge is 2.25. The lowest BCUT2D eigenvalue weighted by molar-refractivity contribution is -0.142. The van der Waals surface area contributed by atoms with Crippen LogP contribution in [0.5, 0.6) is 0 Å². The lowest BCUT2D eigenvalue weighted by atomic mass is 9.86. The van der Waals surface area contributed by atoms with E-state index in [1.165, 1.54) is 11.1 Å². The minimum Gasteiger partial charge on any atom is -0.481 e. The number of hydrogen-bond acceptors (Lipinski definition) is 2. The van der Waals surface area contributed by atoms with E-state index in [0.717, 1.165) is 37.3 Å². The molecule has 4 heteroatoms. The summed E-state index contributed by atoms with van der Waals surface area (Å²) in [5.41, 5.74) is 2.35. The molecule has 19 heavy (non-hydrogen) atoms. The monoisotopic (exact) mass is 281 g/mol. The summed E-state index contributed by atoms with van der Waals surface area (Å²) >= 11 is 6.03. The predicted molar refractivity (Wildman–Crippen MR) is 76.4 cm³/mol. The summed E-state index contributed by atoms with van der Waals surface area (Å²) in [4.78, 5) is 10.9. The third-order valence-electron chi connectivity index (χ3n) is 3.77. The molecule has 1 aliphatic rings. The van der Waals surface area contributed by atoms with Gasteiger partial charge in [0, 0.05) is 17.6 Å². The maximum Gasteiger partial charge on any atom is 0.306 e. The Kier molecular flexibility index (Phi) is 4.83. The number of benzene rings is 1. The van der Waals surface area contributed by atoms with Gasteiger partial charge >= 0.3 is 5.97 Å². The fourth-order valence-corrected chi connectivity index (χ4v) is 3.03. The van der Waals surface area contributed by atoms with Crippen LogP contribution in [0.4, 0.5) is 0 Å². The quantitative estimate of drug-likeness (QED) is 0.889. The number of aryl methyl sites for hydroxylation is 1. The van der Waals surface area contributed by atoms with Crippen LogP contribution in [0.25, 0.3) is 0 Å². The van der Waals surface area contributed by atoms with Crippen molar-refractivity contribution in [1.82, 2.24) is 5.32 Å². The average Bonchev–Trinajstić information content (AvgIpc) is 2.36. The van der Waals surface area contributed by atoms with Crippen molar-refractivity contribution in [3.05, 3.63) is 34.3 Å². The molecule has 1 aliphatic carbocycles. The smallest absolute Gasteiger partial charge is 0.306 e. The van der Waals surface area contributed by atoms with E-state index in [2.05, 4.69) is 11.4 Å². The number of rotatable bonds is 4. The van der Waals surface area contributed by atoms with Crippen LogP contribution in [0.15, 0.2) is 18.2 Å². The summed E-state index contributed by atoms with van der Waals surface area (Å²) < 4.78 is 0. The zero-order valence-corrected chi connectivity index (χ0v) is 11.9. The van der Waals surface area contributed by atoms with E-state index in [9.17, 15) is 4.79 Å². The van der Waals surface area contributed by atoms with Crippen molar-refractivity contribution in [3.63, 3.8) is 0 Å². The molecule has 0 aliphatic heterocycles. The molecule has 0 unspecified atom stereocenters. The molecule has 0 saturated heterocycles. The van der Waals surface area contributed by atoms with Gasteiger partial charge in [-0.3, -0.25) is 4.79 Å². The average molecular weight is 282 g/mol. The van der Waals surface area contributed by atoms with Crippen molar-refractivity contribution in [2.24, 2.45) is 5.92 Å². The molecule has 0 bridgehead atoms. The fraction of sp³-hybridized carbons (Fsp3) is 0.533. The van der Waals surface area contributed by atoms with Gasteiger partial charge in [-0.2, -0.15) is 0 Å². The summed E-state index contributed by atoms with van der Waals surface area (Å²) in [5, 5.41) is 13.2. The van der Waals surface area contributed by atoms with Gasteiger partial charge in [-0.25, -0.2) is 0 Å². The molecule has 0 atom stereocenters. The Morgan fingerprint density at radius 1 is 1.32 bits per heavy atom. The largest absolute Gasteiger partial charge is 0.481 e. The maximum absolute atomic E-state index is 10.9. The number of nitrogens with one attached hydrogen (secondary N) is 1. The van der Waals surface area contributed by atoms with Crippen molar-refractivity contribution >= 4 is 17.6 Å². The first-order valence-electron chi connectivity index (χ1n) is 6.77. The van der Waals surface area contributed by atoms with E-state index in [-0.39, 0.29) is 5.92 Å². The summed E-state index contributed by atoms with van der Waals surface area (Å²) in [5.74, 6) is -0.796. The lowest BCUT2D eigenvalue weighted by Crippen LogP contribution is -2.34. The Balaban J connectivity index is 1.82. The molecule has 3 nitrogen and oxygen atoms in total. The van der Waals surface area contributed by atoms with Gasteiger partial charge in [0.1, 0.15) is 0 Å². The first kappa shape index (κ1) is 14.4. The zero-order valence-electron chi connectivity index (χ0n) is 11.2. The third kappa shape index (κ3) is 4.22. The maximum atomic E-state index is 10.9. The van der Waals surface area contributed by atoms with Gasteiger partial charge in [-0.1, -0.05) is 17.7 Å². The molecule has 0 heterocycles. The van der Waals surface area contributed by atoms with Gasteiger partial charge in [0.05, 0.1) is 5.92 Å². The van der Waals surface area contributed by atoms with Crippen molar-refractivity contribution in [3.8, 4) is 0 Å². The number of halogens is 1. The molecular formula is C15H20ClNO2. The van der Waals surface area contributed by atoms with Gasteiger partial charge in [0.15, 0.2) is 0 Å². The Morgan fingerprint density at radius 2 is 2.00 bits per heavy atom. The van der Waals surface area contributed by atoms with Crippen LogP contribution in [0.1, 0.15) is 36.8 Å². The van der Waals surface area contributed by atoms with Crippen LogP contribution in [-0.4, -0.2) is 17.1 Å². The third-order valence-corrected chi connectivity index (χ3v) is 3.99. The van der Waals surface area contributed by atoms with E-state index in [0.29, 0.717) is 6.04 Å². The molecule has 2 N–H and O–H groups in total. The highest BCUT2D eigenvalue weighted by atomic mass is 35.5. The van der Waals surface area contributed by atoms with E-state index in [4.69, 9.17) is 16.7 Å². The highest BCUT2D eigenvalue weighted by molar-refractivity contribution is 6.30. The predicted octanol–water partition coefficient (Wildman–Crippen LogP) is 3.38.